The van der Waals surface area contributed by atoms with Crippen LogP contribution in [0.5, 0.6) is 0 Å². The molecule has 0 heterocycles. The van der Waals surface area contributed by atoms with Crippen molar-refractivity contribution in [2.24, 2.45) is 5.73 Å². The van der Waals surface area contributed by atoms with E-state index >= 15 is 0 Å². The van der Waals surface area contributed by atoms with Crippen molar-refractivity contribution in [1.29, 1.82) is 0 Å². The van der Waals surface area contributed by atoms with Gasteiger partial charge in [0.15, 0.2) is 0 Å². The van der Waals surface area contributed by atoms with Crippen LogP contribution in [0.2, 0.25) is 0 Å². The van der Waals surface area contributed by atoms with E-state index in [1.54, 1.807) is 0 Å². The Morgan fingerprint density at radius 2 is 1.67 bits per heavy atom. The maximum Gasteiger partial charge on any atom is 0.00388 e. The van der Waals surface area contributed by atoms with Crippen LogP contribution in [0.15, 0.2) is 0 Å². The minimum atomic E-state index is 0. The summed E-state index contributed by atoms with van der Waals surface area (Å²) in [4.78, 5) is 0. The van der Waals surface area contributed by atoms with E-state index in [-0.39, 0.29) is 11.0 Å². The molecule has 2 heteroatoms. The topological polar surface area (TPSA) is 26.0 Å². The minimum Gasteiger partial charge on any atom is -0.328 e. The molecule has 1 aliphatic carbocycles. The lowest BCUT2D eigenvalue weighted by molar-refractivity contribution is 0.418. The third-order valence-corrected chi connectivity index (χ3v) is 1.15. The summed E-state index contributed by atoms with van der Waals surface area (Å²) in [6, 6.07) is 0.565. The standard InChI is InChI=1S/C4H9N.H4Si/c5-4-2-1-3-4;/h4H,1-3,5H2;1H4. The predicted molar refractivity (Wildman–Crippen MR) is 33.2 cm³/mol. The van der Waals surface area contributed by atoms with Crippen molar-refractivity contribution >= 4 is 11.0 Å². The van der Waals surface area contributed by atoms with Crippen LogP contribution in [0.3, 0.4) is 0 Å². The van der Waals surface area contributed by atoms with Crippen LogP contribution in [-0.2, 0) is 0 Å². The van der Waals surface area contributed by atoms with Crippen LogP contribution in [0.4, 0.5) is 0 Å². The second kappa shape index (κ2) is 2.37. The molecule has 1 fully saturated rings. The molecule has 0 aromatic carbocycles. The summed E-state index contributed by atoms with van der Waals surface area (Å²) < 4.78 is 0. The third kappa shape index (κ3) is 1.10. The quantitative estimate of drug-likeness (QED) is 0.393. The number of rotatable bonds is 0. The second-order valence-electron chi connectivity index (χ2n) is 1.69. The molecule has 0 radical (unpaired) electrons. The molecule has 1 saturated carbocycles. The summed E-state index contributed by atoms with van der Waals surface area (Å²) in [6.07, 6.45) is 3.89. The summed E-state index contributed by atoms with van der Waals surface area (Å²) in [6.45, 7) is 0. The van der Waals surface area contributed by atoms with Gasteiger partial charge in [0.1, 0.15) is 0 Å². The third-order valence-electron chi connectivity index (χ3n) is 1.15. The zero-order valence-corrected chi connectivity index (χ0v) is 3.28. The van der Waals surface area contributed by atoms with Crippen molar-refractivity contribution in [3.63, 3.8) is 0 Å². The molecule has 0 amide bonds. The molecule has 0 atom stereocenters. The van der Waals surface area contributed by atoms with Crippen molar-refractivity contribution < 1.29 is 0 Å². The van der Waals surface area contributed by atoms with E-state index in [2.05, 4.69) is 0 Å². The Hall–Kier alpha value is 0.177. The zero-order chi connectivity index (χ0) is 3.70. The van der Waals surface area contributed by atoms with Crippen molar-refractivity contribution in [2.45, 2.75) is 25.3 Å². The lowest BCUT2D eigenvalue weighted by Crippen LogP contribution is -2.27. The molecule has 0 aromatic heterocycles. The molecule has 38 valence electrons. The van der Waals surface area contributed by atoms with Crippen LogP contribution in [0, 0.1) is 0 Å². The summed E-state index contributed by atoms with van der Waals surface area (Å²) in [5.74, 6) is 0. The zero-order valence-electron chi connectivity index (χ0n) is 3.28. The highest BCUT2D eigenvalue weighted by atomic mass is 28.1. The van der Waals surface area contributed by atoms with E-state index in [1.807, 2.05) is 0 Å². The van der Waals surface area contributed by atoms with Gasteiger partial charge in [0, 0.05) is 6.04 Å². The molecule has 1 rings (SSSR count). The fraction of sp³-hybridized carbons (Fsp3) is 1.00. The summed E-state index contributed by atoms with van der Waals surface area (Å²) in [7, 11) is 0. The van der Waals surface area contributed by atoms with Gasteiger partial charge >= 0.3 is 0 Å². The first kappa shape index (κ1) is 6.18. The van der Waals surface area contributed by atoms with E-state index in [1.165, 1.54) is 19.3 Å². The van der Waals surface area contributed by atoms with Gasteiger partial charge in [-0.25, -0.2) is 0 Å². The lowest BCUT2D eigenvalue weighted by Gasteiger charge is -2.18. The molecule has 6 heavy (non-hydrogen) atoms. The van der Waals surface area contributed by atoms with Crippen molar-refractivity contribution in [1.82, 2.24) is 0 Å². The molecule has 0 unspecified atom stereocenters. The fourth-order valence-corrected chi connectivity index (χ4v) is 0.440. The first-order valence-electron chi connectivity index (χ1n) is 2.15. The lowest BCUT2D eigenvalue weighted by atomic mass is 9.95. The van der Waals surface area contributed by atoms with Gasteiger partial charge in [0.25, 0.3) is 0 Å². The molecule has 0 spiro atoms. The number of hydrogen-bond acceptors (Lipinski definition) is 1. The Morgan fingerprint density at radius 1 is 1.33 bits per heavy atom. The molecule has 0 aliphatic heterocycles. The molecular formula is C4H13NSi. The van der Waals surface area contributed by atoms with Gasteiger partial charge in [-0.15, -0.1) is 0 Å². The van der Waals surface area contributed by atoms with Crippen LogP contribution in [-0.4, -0.2) is 17.0 Å². The predicted octanol–water partition coefficient (Wildman–Crippen LogP) is -0.954. The second-order valence-corrected chi connectivity index (χ2v) is 1.69. The number of nitrogens with two attached hydrogens (primary N) is 1. The first-order chi connectivity index (χ1) is 2.39. The molecule has 1 aliphatic rings. The molecule has 0 bridgehead atoms. The molecule has 0 aromatic rings. The average molecular weight is 103 g/mol. The first-order valence-corrected chi connectivity index (χ1v) is 2.15. The van der Waals surface area contributed by atoms with E-state index in [4.69, 9.17) is 5.73 Å². The maximum atomic E-state index is 5.38. The van der Waals surface area contributed by atoms with Gasteiger partial charge in [-0.1, -0.05) is 6.42 Å². The molecule has 2 N–H and O–H groups in total. The summed E-state index contributed by atoms with van der Waals surface area (Å²) in [5, 5.41) is 0. The van der Waals surface area contributed by atoms with Crippen LogP contribution in [0.1, 0.15) is 19.3 Å². The Kier molecular flexibility index (Phi) is 2.44. The van der Waals surface area contributed by atoms with Crippen LogP contribution >= 0.6 is 0 Å². The van der Waals surface area contributed by atoms with Gasteiger partial charge in [-0.05, 0) is 23.8 Å². The Morgan fingerprint density at radius 3 is 1.67 bits per heavy atom. The van der Waals surface area contributed by atoms with Gasteiger partial charge in [-0.3, -0.25) is 0 Å². The average Bonchev–Trinajstić information content (AvgIpc) is 1.30. The van der Waals surface area contributed by atoms with Gasteiger partial charge in [-0.2, -0.15) is 0 Å². The van der Waals surface area contributed by atoms with Gasteiger partial charge < -0.3 is 5.73 Å². The normalized spacial score (nSPS) is 21.5. The highest BCUT2D eigenvalue weighted by molar-refractivity contribution is 5.75. The van der Waals surface area contributed by atoms with Gasteiger partial charge in [0.2, 0.25) is 0 Å². The summed E-state index contributed by atoms with van der Waals surface area (Å²) >= 11 is 0. The molecule has 0 saturated heterocycles. The van der Waals surface area contributed by atoms with E-state index in [0.29, 0.717) is 6.04 Å². The van der Waals surface area contributed by atoms with Gasteiger partial charge in [0.05, 0.1) is 0 Å². The van der Waals surface area contributed by atoms with Crippen molar-refractivity contribution in [2.75, 3.05) is 0 Å². The van der Waals surface area contributed by atoms with Crippen molar-refractivity contribution in [3.05, 3.63) is 0 Å². The summed E-state index contributed by atoms with van der Waals surface area (Å²) in [5.41, 5.74) is 5.38. The van der Waals surface area contributed by atoms with Crippen molar-refractivity contribution in [3.8, 4) is 0 Å². The Bertz CT molecular complexity index is 34.5. The minimum absolute atomic E-state index is 0. The van der Waals surface area contributed by atoms with E-state index in [0.717, 1.165) is 0 Å². The maximum absolute atomic E-state index is 5.38. The van der Waals surface area contributed by atoms with E-state index < -0.39 is 0 Å². The Labute approximate surface area is 42.9 Å². The molecular weight excluding hydrogens is 90.1 g/mol. The molecule has 1 nitrogen and oxygen atoms in total. The van der Waals surface area contributed by atoms with Crippen LogP contribution in [0.25, 0.3) is 0 Å². The highest BCUT2D eigenvalue weighted by Gasteiger charge is 2.09. The SMILES string of the molecule is NC1CCC1.[SiH4]. The highest BCUT2D eigenvalue weighted by Crippen LogP contribution is 2.14. The largest absolute Gasteiger partial charge is 0.328 e. The Balaban J connectivity index is 0.000000250. The smallest absolute Gasteiger partial charge is 0.00388 e. The van der Waals surface area contributed by atoms with Crippen LogP contribution < -0.4 is 5.73 Å². The van der Waals surface area contributed by atoms with E-state index in [9.17, 15) is 0 Å². The number of hydrogen-bond donors (Lipinski definition) is 1. The monoisotopic (exact) mass is 103 g/mol. The fourth-order valence-electron chi connectivity index (χ4n) is 0.440.